The van der Waals surface area contributed by atoms with Gasteiger partial charge in [0.25, 0.3) is 0 Å². The lowest BCUT2D eigenvalue weighted by molar-refractivity contribution is -0.554. The second-order valence-corrected chi connectivity index (χ2v) is 6.57. The lowest BCUT2D eigenvalue weighted by Crippen LogP contribution is -2.65. The summed E-state index contributed by atoms with van der Waals surface area (Å²) < 4.78 is 24.9. The summed E-state index contributed by atoms with van der Waals surface area (Å²) in [6, 6.07) is 0. The molecule has 1 unspecified atom stereocenters. The largest absolute Gasteiger partial charge is 0.463 e. The third kappa shape index (κ3) is 1.69. The highest BCUT2D eigenvalue weighted by molar-refractivity contribution is 5.76. The van der Waals surface area contributed by atoms with Crippen molar-refractivity contribution in [2.45, 2.75) is 56.7 Å². The van der Waals surface area contributed by atoms with Crippen LogP contribution in [-0.2, 0) is 24.0 Å². The minimum absolute atomic E-state index is 0.0889. The second-order valence-electron chi connectivity index (χ2n) is 6.57. The molecule has 0 N–H and O–H groups in total. The summed E-state index contributed by atoms with van der Waals surface area (Å²) in [5.74, 6) is -0.800. The SMILES string of the molecule is C[C@]12CCC3CCC[C@H]4C(C=O)=C(CF)O[C@H](O1)[C@@]34OO2. The zero-order valence-corrected chi connectivity index (χ0v) is 12.0. The van der Waals surface area contributed by atoms with Gasteiger partial charge in [0.15, 0.2) is 5.60 Å². The van der Waals surface area contributed by atoms with Crippen molar-refractivity contribution in [2.75, 3.05) is 6.67 Å². The molecule has 3 saturated heterocycles. The first-order chi connectivity index (χ1) is 10.1. The van der Waals surface area contributed by atoms with E-state index < -0.39 is 24.4 Å². The Morgan fingerprint density at radius 2 is 2.19 bits per heavy atom. The van der Waals surface area contributed by atoms with Crippen molar-refractivity contribution in [1.29, 1.82) is 0 Å². The van der Waals surface area contributed by atoms with Crippen LogP contribution in [-0.4, -0.2) is 30.6 Å². The number of halogens is 1. The molecular formula is C15H19FO5. The molecule has 5 aliphatic rings. The van der Waals surface area contributed by atoms with Gasteiger partial charge in [-0.05, 0) is 32.1 Å². The fraction of sp³-hybridized carbons (Fsp3) is 0.800. The van der Waals surface area contributed by atoms with Crippen LogP contribution in [0.2, 0.25) is 0 Å². The molecule has 0 aromatic carbocycles. The normalized spacial score (nSPS) is 48.4. The van der Waals surface area contributed by atoms with Crippen LogP contribution in [0.25, 0.3) is 0 Å². The Balaban J connectivity index is 1.86. The topological polar surface area (TPSA) is 54.0 Å². The van der Waals surface area contributed by atoms with Gasteiger partial charge in [-0.15, -0.1) is 0 Å². The minimum atomic E-state index is -0.863. The summed E-state index contributed by atoms with van der Waals surface area (Å²) in [4.78, 5) is 22.8. The predicted octanol–water partition coefficient (Wildman–Crippen LogP) is 2.41. The molecule has 2 bridgehead atoms. The highest BCUT2D eigenvalue weighted by Gasteiger charge is 2.67. The van der Waals surface area contributed by atoms with E-state index in [1.54, 1.807) is 0 Å². The molecule has 0 aromatic rings. The standard InChI is InChI=1S/C15H19FO5/c1-14-6-5-9-3-2-4-11-10(8-17)12(7-16)18-13(19-14)15(9,11)21-20-14/h8-9,11,13H,2-7H2,1H3/t9?,11-,13+,14-,15+/m0/s1. The quantitative estimate of drug-likeness (QED) is 0.579. The number of fused-ring (bicyclic) bond motifs is 2. The van der Waals surface area contributed by atoms with Crippen molar-refractivity contribution in [2.24, 2.45) is 11.8 Å². The van der Waals surface area contributed by atoms with Crippen molar-refractivity contribution in [3.8, 4) is 0 Å². The Labute approximate surface area is 122 Å². The van der Waals surface area contributed by atoms with Crippen LogP contribution in [0.3, 0.4) is 0 Å². The fourth-order valence-electron chi connectivity index (χ4n) is 4.39. The molecule has 1 saturated carbocycles. The molecule has 1 aliphatic carbocycles. The molecule has 5 atom stereocenters. The minimum Gasteiger partial charge on any atom is -0.463 e. The zero-order chi connectivity index (χ0) is 14.7. The summed E-state index contributed by atoms with van der Waals surface area (Å²) >= 11 is 0. The van der Waals surface area contributed by atoms with Crippen LogP contribution in [0, 0.1) is 11.8 Å². The maximum absolute atomic E-state index is 13.3. The smallest absolute Gasteiger partial charge is 0.235 e. The van der Waals surface area contributed by atoms with E-state index in [4.69, 9.17) is 19.2 Å². The highest BCUT2D eigenvalue weighted by atomic mass is 19.1. The fourth-order valence-corrected chi connectivity index (χ4v) is 4.39. The van der Waals surface area contributed by atoms with Gasteiger partial charge in [-0.25, -0.2) is 14.2 Å². The molecule has 6 heteroatoms. The Hall–Kier alpha value is -0.980. The van der Waals surface area contributed by atoms with Crippen LogP contribution in [0.5, 0.6) is 0 Å². The van der Waals surface area contributed by atoms with E-state index in [0.717, 1.165) is 25.7 Å². The summed E-state index contributed by atoms with van der Waals surface area (Å²) in [5.41, 5.74) is -0.445. The Bertz CT molecular complexity index is 506. The van der Waals surface area contributed by atoms with Gasteiger partial charge in [0, 0.05) is 17.9 Å². The van der Waals surface area contributed by atoms with Crippen molar-refractivity contribution < 1.29 is 28.4 Å². The van der Waals surface area contributed by atoms with Crippen LogP contribution >= 0.6 is 0 Å². The summed E-state index contributed by atoms with van der Waals surface area (Å²) in [5, 5.41) is 0. The highest BCUT2D eigenvalue weighted by Crippen LogP contribution is 2.58. The summed E-state index contributed by atoms with van der Waals surface area (Å²) in [7, 11) is 0. The molecular weight excluding hydrogens is 279 g/mol. The molecule has 0 amide bonds. The summed E-state index contributed by atoms with van der Waals surface area (Å²) in [6.45, 7) is 1.01. The number of aldehydes is 1. The maximum atomic E-state index is 13.3. The second kappa shape index (κ2) is 4.51. The van der Waals surface area contributed by atoms with Crippen LogP contribution < -0.4 is 0 Å². The van der Waals surface area contributed by atoms with Crippen molar-refractivity contribution in [3.05, 3.63) is 11.3 Å². The number of carbonyl (C=O) groups is 1. The van der Waals surface area contributed by atoms with Crippen molar-refractivity contribution in [3.63, 3.8) is 0 Å². The Morgan fingerprint density at radius 3 is 2.95 bits per heavy atom. The van der Waals surface area contributed by atoms with E-state index in [2.05, 4.69) is 0 Å². The molecule has 1 spiro atoms. The van der Waals surface area contributed by atoms with Gasteiger partial charge in [0.1, 0.15) is 18.7 Å². The number of hydrogen-bond acceptors (Lipinski definition) is 5. The first-order valence-corrected chi connectivity index (χ1v) is 7.58. The summed E-state index contributed by atoms with van der Waals surface area (Å²) in [6.07, 6.45) is 4.32. The van der Waals surface area contributed by atoms with Crippen molar-refractivity contribution >= 4 is 6.29 Å². The molecule has 4 heterocycles. The van der Waals surface area contributed by atoms with Gasteiger partial charge < -0.3 is 9.47 Å². The Morgan fingerprint density at radius 1 is 1.33 bits per heavy atom. The van der Waals surface area contributed by atoms with Gasteiger partial charge in [-0.2, -0.15) is 0 Å². The van der Waals surface area contributed by atoms with Crippen LogP contribution in [0.15, 0.2) is 11.3 Å². The van der Waals surface area contributed by atoms with E-state index in [9.17, 15) is 9.18 Å². The number of ether oxygens (including phenoxy) is 2. The van der Waals surface area contributed by atoms with E-state index in [0.29, 0.717) is 18.3 Å². The van der Waals surface area contributed by atoms with Crippen LogP contribution in [0.1, 0.15) is 39.0 Å². The molecule has 21 heavy (non-hydrogen) atoms. The average Bonchev–Trinajstić information content (AvgIpc) is 2.72. The van der Waals surface area contributed by atoms with Gasteiger partial charge in [0.2, 0.25) is 12.1 Å². The number of alkyl halides is 1. The number of allylic oxidation sites excluding steroid dienone is 1. The van der Waals surface area contributed by atoms with E-state index in [1.165, 1.54) is 0 Å². The van der Waals surface area contributed by atoms with Crippen molar-refractivity contribution in [1.82, 2.24) is 0 Å². The van der Waals surface area contributed by atoms with Gasteiger partial charge in [0.05, 0.1) is 0 Å². The number of hydrogen-bond donors (Lipinski definition) is 0. The third-order valence-corrected chi connectivity index (χ3v) is 5.46. The first kappa shape index (κ1) is 13.7. The average molecular weight is 298 g/mol. The van der Waals surface area contributed by atoms with E-state index in [-0.39, 0.29) is 17.6 Å². The monoisotopic (exact) mass is 298 g/mol. The predicted molar refractivity (Wildman–Crippen MR) is 68.4 cm³/mol. The molecule has 4 aliphatic heterocycles. The lowest BCUT2D eigenvalue weighted by atomic mass is 9.63. The van der Waals surface area contributed by atoms with Crippen LogP contribution in [0.4, 0.5) is 4.39 Å². The number of rotatable bonds is 2. The maximum Gasteiger partial charge on any atom is 0.235 e. The lowest BCUT2D eigenvalue weighted by Gasteiger charge is -2.55. The molecule has 4 fully saturated rings. The van der Waals surface area contributed by atoms with E-state index >= 15 is 0 Å². The third-order valence-electron chi connectivity index (χ3n) is 5.46. The zero-order valence-electron chi connectivity index (χ0n) is 12.0. The van der Waals surface area contributed by atoms with Gasteiger partial charge in [-0.3, -0.25) is 4.79 Å². The molecule has 116 valence electrons. The number of carbonyl (C=O) groups excluding carboxylic acids is 1. The van der Waals surface area contributed by atoms with E-state index in [1.807, 2.05) is 6.92 Å². The van der Waals surface area contributed by atoms with Gasteiger partial charge in [-0.1, -0.05) is 6.42 Å². The Kier molecular flexibility index (Phi) is 2.93. The first-order valence-electron chi connectivity index (χ1n) is 7.58. The van der Waals surface area contributed by atoms with Gasteiger partial charge >= 0.3 is 0 Å². The molecule has 5 rings (SSSR count). The molecule has 0 radical (unpaired) electrons. The molecule has 0 aromatic heterocycles. The molecule has 5 nitrogen and oxygen atoms in total.